The van der Waals surface area contributed by atoms with Crippen LogP contribution in [0.5, 0.6) is 0 Å². The normalized spacial score (nSPS) is 22.1. The van der Waals surface area contributed by atoms with Gasteiger partial charge >= 0.3 is 12.1 Å². The van der Waals surface area contributed by atoms with Crippen molar-refractivity contribution in [3.05, 3.63) is 83.3 Å². The summed E-state index contributed by atoms with van der Waals surface area (Å²) in [7, 11) is 0. The van der Waals surface area contributed by atoms with Crippen LogP contribution < -0.4 is 0 Å². The van der Waals surface area contributed by atoms with Gasteiger partial charge in [0.15, 0.2) is 23.1 Å². The van der Waals surface area contributed by atoms with Gasteiger partial charge < -0.3 is 24.8 Å². The number of hydrogen-bond donors (Lipinski definition) is 3. The monoisotopic (exact) mass is 635 g/mol. The number of hydrogen-bond acceptors (Lipinski definition) is 11. The summed E-state index contributed by atoms with van der Waals surface area (Å²) in [5, 5.41) is 32.7. The summed E-state index contributed by atoms with van der Waals surface area (Å²) in [6.07, 6.45) is 8.01. The number of benzene rings is 1. The van der Waals surface area contributed by atoms with Gasteiger partial charge in [-0.2, -0.15) is 14.6 Å². The minimum atomic E-state index is -2.20. The first-order chi connectivity index (χ1) is 21.6. The molecule has 4 heterocycles. The molecule has 0 radical (unpaired) electrons. The number of halogens is 1. The Morgan fingerprint density at radius 3 is 2.47 bits per heavy atom. The van der Waals surface area contributed by atoms with Crippen molar-refractivity contribution in [2.24, 2.45) is 0 Å². The van der Waals surface area contributed by atoms with Gasteiger partial charge in [-0.15, -0.1) is 6.42 Å². The van der Waals surface area contributed by atoms with Gasteiger partial charge in [0.2, 0.25) is 5.28 Å². The van der Waals surface area contributed by atoms with E-state index >= 15 is 0 Å². The first kappa shape index (κ1) is 33.4. The van der Waals surface area contributed by atoms with Crippen LogP contribution in [0.15, 0.2) is 61.2 Å². The Bertz CT molecular complexity index is 1690. The Hall–Kier alpha value is -4.54. The van der Waals surface area contributed by atoms with Crippen LogP contribution in [0, 0.1) is 12.3 Å². The average molecular weight is 636 g/mol. The summed E-state index contributed by atoms with van der Waals surface area (Å²) in [6.45, 7) is 1.30. The number of aryl methyl sites for hydroxylation is 2. The Morgan fingerprint density at radius 2 is 1.84 bits per heavy atom. The van der Waals surface area contributed by atoms with Gasteiger partial charge in [-0.3, -0.25) is 9.55 Å². The number of pyridine rings is 1. The number of carboxylic acid groups (broad SMARTS) is 1. The van der Waals surface area contributed by atoms with E-state index in [9.17, 15) is 20.1 Å². The molecule has 4 aromatic rings. The maximum absolute atomic E-state index is 12.4. The fourth-order valence-corrected chi connectivity index (χ4v) is 5.34. The molecule has 1 aliphatic rings. The minimum absolute atomic E-state index is 0.0244. The molecule has 5 atom stereocenters. The highest BCUT2D eigenvalue weighted by molar-refractivity contribution is 6.28. The molecule has 0 aliphatic carbocycles. The van der Waals surface area contributed by atoms with Crippen molar-refractivity contribution in [1.29, 1.82) is 0 Å². The summed E-state index contributed by atoms with van der Waals surface area (Å²) in [6, 6.07) is 12.9. The third-order valence-electron chi connectivity index (χ3n) is 7.69. The molecule has 1 saturated heterocycles. The average Bonchev–Trinajstić information content (AvgIpc) is 3.57. The van der Waals surface area contributed by atoms with Gasteiger partial charge in [-0.25, -0.2) is 14.8 Å². The molecule has 45 heavy (non-hydrogen) atoms. The SMILES string of the molecule is C#C[C@@]1(O)[C@@H](COC(CC)(Cc2ccccc2)C(=O)O)O[C@@H](n2cnc3c(CCc4ccncc4)nc(Cl)nc32)[C@@H]1O.O=C=O. The molecule has 1 unspecified atom stereocenters. The molecule has 0 bridgehead atoms. The van der Waals surface area contributed by atoms with Crippen molar-refractivity contribution in [2.75, 3.05) is 6.61 Å². The van der Waals surface area contributed by atoms with Crippen molar-refractivity contribution in [3.63, 3.8) is 0 Å². The van der Waals surface area contributed by atoms with Crippen LogP contribution in [0.2, 0.25) is 5.28 Å². The van der Waals surface area contributed by atoms with Crippen LogP contribution in [0.3, 0.4) is 0 Å². The van der Waals surface area contributed by atoms with E-state index in [1.807, 2.05) is 42.5 Å². The molecule has 0 saturated carbocycles. The molecular weight excluding hydrogens is 606 g/mol. The number of aromatic nitrogens is 5. The van der Waals surface area contributed by atoms with Gasteiger partial charge in [0.05, 0.1) is 18.6 Å². The smallest absolute Gasteiger partial charge is 0.373 e. The molecule has 1 fully saturated rings. The van der Waals surface area contributed by atoms with Gasteiger partial charge in [0.1, 0.15) is 17.7 Å². The number of carbonyl (C=O) groups excluding carboxylic acids is 2. The number of terminal acetylenes is 1. The molecule has 234 valence electrons. The third-order valence-corrected chi connectivity index (χ3v) is 7.86. The number of ether oxygens (including phenoxy) is 2. The van der Waals surface area contributed by atoms with E-state index in [-0.39, 0.29) is 29.9 Å². The molecule has 0 amide bonds. The van der Waals surface area contributed by atoms with Crippen LogP contribution in [-0.2, 0) is 43.1 Å². The van der Waals surface area contributed by atoms with Crippen molar-refractivity contribution < 1.29 is 39.2 Å². The first-order valence-corrected chi connectivity index (χ1v) is 14.2. The molecule has 3 N–H and O–H groups in total. The van der Waals surface area contributed by atoms with E-state index in [0.29, 0.717) is 24.1 Å². The van der Waals surface area contributed by atoms with E-state index in [1.165, 1.54) is 10.9 Å². The topological polar surface area (TPSA) is 187 Å². The standard InChI is InChI=1S/C30H30ClN5O6.CO2/c1-3-29(27(38)39,16-20-8-6-5-7-9-20)41-17-22-30(40,4-2)24(37)26(42-22)36-18-33-23-21(34-28(31)35-25(23)36)11-10-19-12-14-32-15-13-19;2-1-3/h2,5-9,12-15,18,22,24,26,37,40H,3,10-11,16-17H2,1H3,(H,38,39);/t22-,24+,26-,29?,30-;/m1./s1. The zero-order chi connectivity index (χ0) is 32.6. The highest BCUT2D eigenvalue weighted by Gasteiger charge is 2.56. The van der Waals surface area contributed by atoms with Gasteiger partial charge in [0, 0.05) is 18.8 Å². The second kappa shape index (κ2) is 14.5. The molecule has 0 spiro atoms. The number of nitrogens with zero attached hydrogens (tertiary/aromatic N) is 5. The Balaban J connectivity index is 0.00000148. The Labute approximate surface area is 262 Å². The Morgan fingerprint density at radius 1 is 1.16 bits per heavy atom. The molecule has 5 rings (SSSR count). The lowest BCUT2D eigenvalue weighted by molar-refractivity contribution is -0.191. The second-order valence-electron chi connectivity index (χ2n) is 10.3. The molecular formula is C31H30ClN5O8. The van der Waals surface area contributed by atoms with Crippen LogP contribution >= 0.6 is 11.6 Å². The van der Waals surface area contributed by atoms with Crippen LogP contribution in [0.4, 0.5) is 0 Å². The van der Waals surface area contributed by atoms with E-state index in [0.717, 1.165) is 11.1 Å². The maximum atomic E-state index is 12.4. The summed E-state index contributed by atoms with van der Waals surface area (Å²) in [5.74, 6) is 1.06. The number of imidazole rings is 1. The molecule has 3 aromatic heterocycles. The number of carbonyl (C=O) groups is 1. The number of rotatable bonds is 11. The molecule has 1 aliphatic heterocycles. The van der Waals surface area contributed by atoms with E-state index in [2.05, 4.69) is 25.9 Å². The second-order valence-corrected chi connectivity index (χ2v) is 10.6. The van der Waals surface area contributed by atoms with Gasteiger partial charge in [0.25, 0.3) is 0 Å². The van der Waals surface area contributed by atoms with Crippen LogP contribution in [0.25, 0.3) is 11.2 Å². The number of carboxylic acids is 1. The van der Waals surface area contributed by atoms with Crippen LogP contribution in [-0.4, -0.2) is 82.0 Å². The first-order valence-electron chi connectivity index (χ1n) is 13.8. The Kier molecular flexibility index (Phi) is 10.7. The summed E-state index contributed by atoms with van der Waals surface area (Å²) >= 11 is 6.27. The predicted octanol–water partition coefficient (Wildman–Crippen LogP) is 2.19. The predicted molar refractivity (Wildman–Crippen MR) is 157 cm³/mol. The number of aliphatic hydroxyl groups is 2. The minimum Gasteiger partial charge on any atom is -0.479 e. The maximum Gasteiger partial charge on any atom is 0.373 e. The number of fused-ring (bicyclic) bond motifs is 1. The van der Waals surface area contributed by atoms with Crippen molar-refractivity contribution in [3.8, 4) is 12.3 Å². The van der Waals surface area contributed by atoms with Crippen molar-refractivity contribution in [2.45, 2.75) is 62.2 Å². The number of aliphatic carboxylic acids is 1. The van der Waals surface area contributed by atoms with Gasteiger partial charge in [-0.05, 0) is 54.1 Å². The van der Waals surface area contributed by atoms with Crippen molar-refractivity contribution >= 4 is 34.9 Å². The highest BCUT2D eigenvalue weighted by atomic mass is 35.5. The fourth-order valence-electron chi connectivity index (χ4n) is 5.16. The molecule has 13 nitrogen and oxygen atoms in total. The third kappa shape index (κ3) is 7.08. The molecule has 1 aromatic carbocycles. The quantitative estimate of drug-likeness (QED) is 0.161. The zero-order valence-corrected chi connectivity index (χ0v) is 24.9. The fraction of sp³-hybridized carbons (Fsp3) is 0.355. The van der Waals surface area contributed by atoms with Crippen LogP contribution in [0.1, 0.15) is 36.4 Å². The van der Waals surface area contributed by atoms with E-state index in [1.54, 1.807) is 19.3 Å². The lowest BCUT2D eigenvalue weighted by atomic mass is 9.90. The largest absolute Gasteiger partial charge is 0.479 e. The lowest BCUT2D eigenvalue weighted by Gasteiger charge is -2.32. The van der Waals surface area contributed by atoms with E-state index < -0.39 is 42.2 Å². The van der Waals surface area contributed by atoms with Crippen molar-refractivity contribution in [1.82, 2.24) is 24.5 Å². The summed E-state index contributed by atoms with van der Waals surface area (Å²) in [4.78, 5) is 45.8. The highest BCUT2D eigenvalue weighted by Crippen LogP contribution is 2.39. The zero-order valence-electron chi connectivity index (χ0n) is 24.1. The summed E-state index contributed by atoms with van der Waals surface area (Å²) < 4.78 is 13.5. The molecule has 14 heteroatoms. The van der Waals surface area contributed by atoms with E-state index in [4.69, 9.17) is 37.1 Å². The van der Waals surface area contributed by atoms with Gasteiger partial charge in [-0.1, -0.05) is 43.2 Å². The summed E-state index contributed by atoms with van der Waals surface area (Å²) in [5.41, 5.74) is -0.673. The number of aliphatic hydroxyl groups excluding tert-OH is 1. The lowest BCUT2D eigenvalue weighted by Crippen LogP contribution is -2.51.